The summed E-state index contributed by atoms with van der Waals surface area (Å²) in [6.07, 6.45) is 3.40. The van der Waals surface area contributed by atoms with Crippen LogP contribution in [0.5, 0.6) is 0 Å². The molecule has 1 aliphatic heterocycles. The van der Waals surface area contributed by atoms with E-state index < -0.39 is 0 Å². The predicted molar refractivity (Wildman–Crippen MR) is 59.4 cm³/mol. The summed E-state index contributed by atoms with van der Waals surface area (Å²) in [6.45, 7) is 3.33. The van der Waals surface area contributed by atoms with E-state index in [0.29, 0.717) is 13.1 Å². The Bertz CT molecular complexity index is 334. The van der Waals surface area contributed by atoms with Gasteiger partial charge in [0.1, 0.15) is 0 Å². The Morgan fingerprint density at radius 2 is 1.81 bits per heavy atom. The number of nitrogens with two attached hydrogens (primary N) is 2. The lowest BCUT2D eigenvalue weighted by molar-refractivity contribution is -0.125. The summed E-state index contributed by atoms with van der Waals surface area (Å²) in [4.78, 5) is 24.2. The zero-order valence-corrected chi connectivity index (χ0v) is 9.66. The number of hydrogen-bond donors (Lipinski definition) is 2. The third-order valence-corrected chi connectivity index (χ3v) is 4.64. The summed E-state index contributed by atoms with van der Waals surface area (Å²) in [5.74, 6) is -0.178. The zero-order chi connectivity index (χ0) is 12.0. The van der Waals surface area contributed by atoms with Crippen LogP contribution in [0, 0.1) is 10.8 Å². The standard InChI is InChI=1S/C11H19N3O2/c1-2-11(8(12)15)7-10(11)3-5-14(6-4-10)9(13)16/h2-7H2,1H3,(H2,12,15)(H2,13,16). The van der Waals surface area contributed by atoms with Gasteiger partial charge in [-0.25, -0.2) is 4.79 Å². The predicted octanol–water partition coefficient (Wildman–Crippen LogP) is 0.433. The Balaban J connectivity index is 2.05. The topological polar surface area (TPSA) is 89.4 Å². The van der Waals surface area contributed by atoms with Crippen LogP contribution in [-0.4, -0.2) is 29.9 Å². The molecule has 5 nitrogen and oxygen atoms in total. The molecular weight excluding hydrogens is 206 g/mol. The first-order valence-corrected chi connectivity index (χ1v) is 5.82. The first-order chi connectivity index (χ1) is 7.47. The largest absolute Gasteiger partial charge is 0.369 e. The van der Waals surface area contributed by atoms with Crippen molar-refractivity contribution in [1.82, 2.24) is 4.90 Å². The molecule has 0 bridgehead atoms. The second-order valence-electron chi connectivity index (χ2n) is 5.08. The van der Waals surface area contributed by atoms with Crippen LogP contribution < -0.4 is 11.5 Å². The lowest BCUT2D eigenvalue weighted by Crippen LogP contribution is -2.44. The van der Waals surface area contributed by atoms with Gasteiger partial charge in [-0.05, 0) is 31.1 Å². The fourth-order valence-electron chi connectivity index (χ4n) is 3.37. The number of urea groups is 1. The van der Waals surface area contributed by atoms with Gasteiger partial charge in [0.05, 0.1) is 5.41 Å². The van der Waals surface area contributed by atoms with E-state index in [1.165, 1.54) is 0 Å². The number of carbonyl (C=O) groups excluding carboxylic acids is 2. The molecule has 0 aromatic heterocycles. The minimum Gasteiger partial charge on any atom is -0.369 e. The van der Waals surface area contributed by atoms with E-state index in [1.807, 2.05) is 6.92 Å². The minimum atomic E-state index is -0.364. The number of rotatable bonds is 2. The number of nitrogens with zero attached hydrogens (tertiary/aromatic N) is 1. The summed E-state index contributed by atoms with van der Waals surface area (Å²) < 4.78 is 0. The minimum absolute atomic E-state index is 0.0551. The molecule has 1 saturated heterocycles. The van der Waals surface area contributed by atoms with Gasteiger partial charge in [0, 0.05) is 13.1 Å². The van der Waals surface area contributed by atoms with Gasteiger partial charge in [0.25, 0.3) is 0 Å². The molecule has 1 atom stereocenters. The van der Waals surface area contributed by atoms with Crippen LogP contribution in [0.15, 0.2) is 0 Å². The van der Waals surface area contributed by atoms with E-state index in [2.05, 4.69) is 0 Å². The molecule has 0 aromatic rings. The summed E-state index contributed by atoms with van der Waals surface area (Å²) in [5, 5.41) is 0. The van der Waals surface area contributed by atoms with Crippen LogP contribution in [0.1, 0.15) is 32.6 Å². The zero-order valence-electron chi connectivity index (χ0n) is 9.66. The Morgan fingerprint density at radius 3 is 2.12 bits per heavy atom. The molecule has 1 aliphatic carbocycles. The van der Waals surface area contributed by atoms with Crippen LogP contribution in [0.25, 0.3) is 0 Å². The van der Waals surface area contributed by atoms with E-state index in [1.54, 1.807) is 4.90 Å². The van der Waals surface area contributed by atoms with Gasteiger partial charge in [0.2, 0.25) is 5.91 Å². The van der Waals surface area contributed by atoms with Gasteiger partial charge >= 0.3 is 6.03 Å². The molecule has 2 fully saturated rings. The molecule has 1 unspecified atom stereocenters. The monoisotopic (exact) mass is 225 g/mol. The van der Waals surface area contributed by atoms with Crippen LogP contribution >= 0.6 is 0 Å². The molecule has 1 saturated carbocycles. The van der Waals surface area contributed by atoms with E-state index in [-0.39, 0.29) is 22.8 Å². The SMILES string of the molecule is CCC1(C(N)=O)CC12CCN(C(N)=O)CC2. The van der Waals surface area contributed by atoms with Crippen LogP contribution in [0.3, 0.4) is 0 Å². The molecular formula is C11H19N3O2. The number of amides is 3. The Hall–Kier alpha value is -1.26. The lowest BCUT2D eigenvalue weighted by atomic mass is 9.82. The molecule has 0 radical (unpaired) electrons. The smallest absolute Gasteiger partial charge is 0.314 e. The van der Waals surface area contributed by atoms with Crippen molar-refractivity contribution in [2.45, 2.75) is 32.6 Å². The quantitative estimate of drug-likeness (QED) is 0.713. The summed E-state index contributed by atoms with van der Waals surface area (Å²) in [6, 6.07) is -0.364. The Labute approximate surface area is 95.1 Å². The average molecular weight is 225 g/mol. The fraction of sp³-hybridized carbons (Fsp3) is 0.818. The highest BCUT2D eigenvalue weighted by Crippen LogP contribution is 2.70. The van der Waals surface area contributed by atoms with Crippen molar-refractivity contribution in [3.63, 3.8) is 0 Å². The van der Waals surface area contributed by atoms with Crippen LogP contribution in [0.4, 0.5) is 4.79 Å². The second kappa shape index (κ2) is 3.37. The summed E-state index contributed by atoms with van der Waals surface area (Å²) in [5.41, 5.74) is 10.5. The Morgan fingerprint density at radius 1 is 1.25 bits per heavy atom. The van der Waals surface area contributed by atoms with Crippen molar-refractivity contribution in [3.05, 3.63) is 0 Å². The fourth-order valence-corrected chi connectivity index (χ4v) is 3.37. The number of carbonyl (C=O) groups is 2. The third kappa shape index (κ3) is 1.30. The maximum absolute atomic E-state index is 11.5. The normalized spacial score (nSPS) is 31.4. The van der Waals surface area contributed by atoms with Crippen molar-refractivity contribution in [2.24, 2.45) is 22.3 Å². The number of hydrogen-bond acceptors (Lipinski definition) is 2. The number of primary amides is 2. The second-order valence-corrected chi connectivity index (χ2v) is 5.08. The van der Waals surface area contributed by atoms with Gasteiger partial charge in [-0.2, -0.15) is 0 Å². The van der Waals surface area contributed by atoms with Crippen molar-refractivity contribution >= 4 is 11.9 Å². The van der Waals surface area contributed by atoms with Crippen LogP contribution in [-0.2, 0) is 4.79 Å². The Kier molecular flexibility index (Phi) is 2.36. The van der Waals surface area contributed by atoms with Gasteiger partial charge in [-0.3, -0.25) is 4.79 Å². The molecule has 0 aromatic carbocycles. The number of piperidine rings is 1. The number of likely N-dealkylation sites (tertiary alicyclic amines) is 1. The molecule has 2 aliphatic rings. The highest BCUT2D eigenvalue weighted by Gasteiger charge is 2.69. The molecule has 1 spiro atoms. The van der Waals surface area contributed by atoms with E-state index in [9.17, 15) is 9.59 Å². The highest BCUT2D eigenvalue weighted by atomic mass is 16.2. The first-order valence-electron chi connectivity index (χ1n) is 5.82. The van der Waals surface area contributed by atoms with E-state index in [0.717, 1.165) is 25.7 Å². The van der Waals surface area contributed by atoms with Crippen molar-refractivity contribution in [1.29, 1.82) is 0 Å². The third-order valence-electron chi connectivity index (χ3n) is 4.64. The highest BCUT2D eigenvalue weighted by molar-refractivity contribution is 5.85. The van der Waals surface area contributed by atoms with Gasteiger partial charge in [-0.1, -0.05) is 6.92 Å². The van der Waals surface area contributed by atoms with Gasteiger partial charge in [0.15, 0.2) is 0 Å². The summed E-state index contributed by atoms with van der Waals surface area (Å²) >= 11 is 0. The van der Waals surface area contributed by atoms with Gasteiger partial charge < -0.3 is 16.4 Å². The maximum atomic E-state index is 11.5. The molecule has 4 N–H and O–H groups in total. The molecule has 90 valence electrons. The van der Waals surface area contributed by atoms with Gasteiger partial charge in [-0.15, -0.1) is 0 Å². The van der Waals surface area contributed by atoms with Crippen molar-refractivity contribution in [2.75, 3.05) is 13.1 Å². The molecule has 5 heteroatoms. The van der Waals surface area contributed by atoms with Crippen LogP contribution in [0.2, 0.25) is 0 Å². The maximum Gasteiger partial charge on any atom is 0.314 e. The average Bonchev–Trinajstić information content (AvgIpc) is 2.88. The molecule has 1 heterocycles. The first kappa shape index (κ1) is 11.2. The van der Waals surface area contributed by atoms with Crippen molar-refractivity contribution < 1.29 is 9.59 Å². The molecule has 16 heavy (non-hydrogen) atoms. The van der Waals surface area contributed by atoms with Crippen molar-refractivity contribution in [3.8, 4) is 0 Å². The van der Waals surface area contributed by atoms with E-state index in [4.69, 9.17) is 11.5 Å². The molecule has 2 rings (SSSR count). The summed E-state index contributed by atoms with van der Waals surface area (Å²) in [7, 11) is 0. The lowest BCUT2D eigenvalue weighted by Gasteiger charge is -2.33. The molecule has 3 amide bonds. The van der Waals surface area contributed by atoms with E-state index >= 15 is 0 Å².